The summed E-state index contributed by atoms with van der Waals surface area (Å²) in [6.07, 6.45) is 1.54. The Bertz CT molecular complexity index is 1170. The third kappa shape index (κ3) is 4.12. The number of benzene rings is 2. The molecule has 0 aliphatic rings. The van der Waals surface area contributed by atoms with E-state index in [1.54, 1.807) is 12.1 Å². The molecule has 0 saturated carbocycles. The van der Waals surface area contributed by atoms with Gasteiger partial charge < -0.3 is 9.88 Å². The lowest BCUT2D eigenvalue weighted by atomic mass is 10.1. The molecular weight excluding hydrogens is 365 g/mol. The number of carbonyl (C=O) groups is 1. The van der Waals surface area contributed by atoms with Crippen LogP contribution in [-0.4, -0.2) is 10.5 Å². The standard InChI is InChI=1S/C24H22FN3O/c1-15-9-10-16(2)23(11-15)28-17(3)12-19(18(28)4)13-20(14-26)24(29)27-22-8-6-5-7-21(22)25/h5-13H,1-4H3,(H,27,29)/b20-13-. The molecule has 0 radical (unpaired) electrons. The van der Waals surface area contributed by atoms with Gasteiger partial charge in [-0.05, 0) is 74.7 Å². The number of para-hydroxylation sites is 1. The van der Waals surface area contributed by atoms with Crippen molar-refractivity contribution in [3.05, 3.63) is 88.0 Å². The minimum atomic E-state index is -0.644. The minimum Gasteiger partial charge on any atom is -0.319 e. The van der Waals surface area contributed by atoms with Gasteiger partial charge in [-0.1, -0.05) is 24.3 Å². The zero-order valence-corrected chi connectivity index (χ0v) is 16.9. The lowest BCUT2D eigenvalue weighted by molar-refractivity contribution is -0.112. The van der Waals surface area contributed by atoms with Crippen molar-refractivity contribution in [2.45, 2.75) is 27.7 Å². The van der Waals surface area contributed by atoms with Crippen LogP contribution in [0, 0.1) is 44.8 Å². The Morgan fingerprint density at radius 2 is 1.83 bits per heavy atom. The second kappa shape index (κ2) is 8.15. The van der Waals surface area contributed by atoms with E-state index in [2.05, 4.69) is 28.1 Å². The van der Waals surface area contributed by atoms with Gasteiger partial charge in [0.05, 0.1) is 5.69 Å². The summed E-state index contributed by atoms with van der Waals surface area (Å²) in [7, 11) is 0. The predicted molar refractivity (Wildman–Crippen MR) is 113 cm³/mol. The van der Waals surface area contributed by atoms with Gasteiger partial charge in [0, 0.05) is 17.1 Å². The van der Waals surface area contributed by atoms with Gasteiger partial charge in [-0.3, -0.25) is 4.79 Å². The van der Waals surface area contributed by atoms with E-state index in [0.29, 0.717) is 0 Å². The molecule has 0 atom stereocenters. The van der Waals surface area contributed by atoms with Gasteiger partial charge in [0.1, 0.15) is 17.5 Å². The third-order valence-corrected chi connectivity index (χ3v) is 4.86. The Morgan fingerprint density at radius 1 is 1.10 bits per heavy atom. The SMILES string of the molecule is Cc1ccc(C)c(-n2c(C)cc(/C=C(/C#N)C(=O)Nc3ccccc3F)c2C)c1. The number of rotatable bonds is 4. The monoisotopic (exact) mass is 387 g/mol. The molecule has 146 valence electrons. The number of hydrogen-bond donors (Lipinski definition) is 1. The molecule has 0 fully saturated rings. The molecule has 3 rings (SSSR count). The average Bonchev–Trinajstić information content (AvgIpc) is 2.96. The number of hydrogen-bond acceptors (Lipinski definition) is 2. The third-order valence-electron chi connectivity index (χ3n) is 4.86. The molecule has 5 heteroatoms. The average molecular weight is 387 g/mol. The molecule has 4 nitrogen and oxygen atoms in total. The summed E-state index contributed by atoms with van der Waals surface area (Å²) in [5, 5.41) is 11.9. The quantitative estimate of drug-likeness (QED) is 0.482. The Labute approximate surface area is 169 Å². The summed E-state index contributed by atoms with van der Waals surface area (Å²) >= 11 is 0. The number of aryl methyl sites for hydroxylation is 3. The van der Waals surface area contributed by atoms with E-state index in [9.17, 15) is 14.4 Å². The van der Waals surface area contributed by atoms with E-state index >= 15 is 0 Å². The Kier molecular flexibility index (Phi) is 5.65. The Hall–Kier alpha value is -3.65. The van der Waals surface area contributed by atoms with E-state index in [4.69, 9.17) is 0 Å². The second-order valence-corrected chi connectivity index (χ2v) is 7.06. The highest BCUT2D eigenvalue weighted by Gasteiger charge is 2.16. The van der Waals surface area contributed by atoms with Crippen LogP contribution in [0.4, 0.5) is 10.1 Å². The lowest BCUT2D eigenvalue weighted by Gasteiger charge is -2.13. The smallest absolute Gasteiger partial charge is 0.266 e. The molecule has 0 unspecified atom stereocenters. The molecule has 1 amide bonds. The number of carbonyl (C=O) groups excluding carboxylic acids is 1. The van der Waals surface area contributed by atoms with Crippen molar-refractivity contribution in [3.8, 4) is 11.8 Å². The molecule has 0 saturated heterocycles. The summed E-state index contributed by atoms with van der Waals surface area (Å²) in [6, 6.07) is 16.0. The van der Waals surface area contributed by atoms with Crippen LogP contribution in [0.1, 0.15) is 28.1 Å². The van der Waals surface area contributed by atoms with Crippen LogP contribution in [0.15, 0.2) is 54.1 Å². The summed E-state index contributed by atoms with van der Waals surface area (Å²) in [4.78, 5) is 12.5. The van der Waals surface area contributed by atoms with Gasteiger partial charge in [0.2, 0.25) is 0 Å². The van der Waals surface area contributed by atoms with Crippen LogP contribution >= 0.6 is 0 Å². The van der Waals surface area contributed by atoms with Crippen molar-refractivity contribution >= 4 is 17.7 Å². The van der Waals surface area contributed by atoms with E-state index in [1.807, 2.05) is 39.8 Å². The summed E-state index contributed by atoms with van der Waals surface area (Å²) in [6.45, 7) is 8.02. The van der Waals surface area contributed by atoms with E-state index in [-0.39, 0.29) is 11.3 Å². The van der Waals surface area contributed by atoms with Gasteiger partial charge in [-0.25, -0.2) is 4.39 Å². The van der Waals surface area contributed by atoms with Crippen LogP contribution < -0.4 is 5.32 Å². The first-order chi connectivity index (χ1) is 13.8. The van der Waals surface area contributed by atoms with Crippen LogP contribution in [-0.2, 0) is 4.79 Å². The molecule has 2 aromatic carbocycles. The first kappa shape index (κ1) is 20.1. The largest absolute Gasteiger partial charge is 0.319 e. The fourth-order valence-electron chi connectivity index (χ4n) is 3.32. The number of amides is 1. The van der Waals surface area contributed by atoms with Gasteiger partial charge in [-0.2, -0.15) is 5.26 Å². The Morgan fingerprint density at radius 3 is 2.52 bits per heavy atom. The van der Waals surface area contributed by atoms with Crippen molar-refractivity contribution in [3.63, 3.8) is 0 Å². The first-order valence-corrected chi connectivity index (χ1v) is 9.26. The molecule has 1 aromatic heterocycles. The normalized spacial score (nSPS) is 11.2. The second-order valence-electron chi connectivity index (χ2n) is 7.06. The molecule has 29 heavy (non-hydrogen) atoms. The number of nitriles is 1. The highest BCUT2D eigenvalue weighted by molar-refractivity contribution is 6.09. The maximum absolute atomic E-state index is 13.8. The van der Waals surface area contributed by atoms with Crippen molar-refractivity contribution in [2.24, 2.45) is 0 Å². The van der Waals surface area contributed by atoms with E-state index < -0.39 is 11.7 Å². The zero-order valence-electron chi connectivity index (χ0n) is 16.9. The summed E-state index contributed by atoms with van der Waals surface area (Å²) < 4.78 is 15.9. The minimum absolute atomic E-state index is 0.0412. The zero-order chi connectivity index (χ0) is 21.1. The van der Waals surface area contributed by atoms with Crippen LogP contribution in [0.3, 0.4) is 0 Å². The Balaban J connectivity index is 1.99. The van der Waals surface area contributed by atoms with Gasteiger partial charge in [0.15, 0.2) is 0 Å². The van der Waals surface area contributed by atoms with Crippen LogP contribution in [0.2, 0.25) is 0 Å². The molecular formula is C24H22FN3O. The van der Waals surface area contributed by atoms with Crippen LogP contribution in [0.25, 0.3) is 11.8 Å². The van der Waals surface area contributed by atoms with E-state index in [1.165, 1.54) is 18.2 Å². The number of aromatic nitrogens is 1. The molecule has 0 aliphatic heterocycles. The predicted octanol–water partition coefficient (Wildman–Crippen LogP) is 5.40. The first-order valence-electron chi connectivity index (χ1n) is 9.26. The lowest BCUT2D eigenvalue weighted by Crippen LogP contribution is -2.14. The highest BCUT2D eigenvalue weighted by atomic mass is 19.1. The fraction of sp³-hybridized carbons (Fsp3) is 0.167. The van der Waals surface area contributed by atoms with Crippen molar-refractivity contribution in [1.82, 2.24) is 4.57 Å². The number of halogens is 1. The molecule has 0 aliphatic carbocycles. The van der Waals surface area contributed by atoms with E-state index in [0.717, 1.165) is 33.8 Å². The topological polar surface area (TPSA) is 57.8 Å². The molecule has 0 spiro atoms. The fourth-order valence-corrected chi connectivity index (χ4v) is 3.32. The van der Waals surface area contributed by atoms with Gasteiger partial charge >= 0.3 is 0 Å². The highest BCUT2D eigenvalue weighted by Crippen LogP contribution is 2.26. The molecule has 1 heterocycles. The van der Waals surface area contributed by atoms with Gasteiger partial charge in [-0.15, -0.1) is 0 Å². The van der Waals surface area contributed by atoms with Crippen molar-refractivity contribution in [2.75, 3.05) is 5.32 Å². The maximum atomic E-state index is 13.8. The van der Waals surface area contributed by atoms with Crippen molar-refractivity contribution < 1.29 is 9.18 Å². The number of nitrogens with one attached hydrogen (secondary N) is 1. The van der Waals surface area contributed by atoms with Gasteiger partial charge in [0.25, 0.3) is 5.91 Å². The number of anilines is 1. The number of nitrogens with zero attached hydrogens (tertiary/aromatic N) is 2. The maximum Gasteiger partial charge on any atom is 0.266 e. The molecule has 1 N–H and O–H groups in total. The van der Waals surface area contributed by atoms with Crippen LogP contribution in [0.5, 0.6) is 0 Å². The molecule has 3 aromatic rings. The van der Waals surface area contributed by atoms with Crippen molar-refractivity contribution in [1.29, 1.82) is 5.26 Å². The summed E-state index contributed by atoms with van der Waals surface area (Å²) in [5.41, 5.74) is 5.98. The summed E-state index contributed by atoms with van der Waals surface area (Å²) in [5.74, 6) is -1.19. The molecule has 0 bridgehead atoms.